The Morgan fingerprint density at radius 1 is 1.62 bits per heavy atom. The third-order valence-corrected chi connectivity index (χ3v) is 3.51. The number of carbonyl (C=O) groups excluding carboxylic acids is 1. The van der Waals surface area contributed by atoms with Crippen LogP contribution in [0, 0.1) is 11.3 Å². The number of rotatable bonds is 2. The van der Waals surface area contributed by atoms with Gasteiger partial charge >= 0.3 is 0 Å². The molecule has 74 valence electrons. The molecule has 4 nitrogen and oxygen atoms in total. The van der Waals surface area contributed by atoms with Gasteiger partial charge in [-0.05, 0) is 12.8 Å². The van der Waals surface area contributed by atoms with Crippen LogP contribution >= 0.6 is 0 Å². The summed E-state index contributed by atoms with van der Waals surface area (Å²) in [5.41, 5.74) is 5.47. The normalized spacial score (nSPS) is 43.5. The van der Waals surface area contributed by atoms with Crippen molar-refractivity contribution < 1.29 is 9.53 Å². The largest absolute Gasteiger partial charge is 0.381 e. The van der Waals surface area contributed by atoms with Crippen molar-refractivity contribution in [1.82, 2.24) is 5.32 Å². The van der Waals surface area contributed by atoms with Crippen molar-refractivity contribution in [3.05, 3.63) is 0 Å². The Morgan fingerprint density at radius 2 is 2.31 bits per heavy atom. The minimum absolute atomic E-state index is 0.0129. The fourth-order valence-corrected chi connectivity index (χ4v) is 2.65. The molecule has 0 aromatic heterocycles. The summed E-state index contributed by atoms with van der Waals surface area (Å²) in [6.45, 7) is 1.66. The lowest BCUT2D eigenvalue weighted by Gasteiger charge is -2.46. The van der Waals surface area contributed by atoms with E-state index in [0.717, 1.165) is 25.9 Å². The van der Waals surface area contributed by atoms with Crippen LogP contribution in [0.3, 0.4) is 0 Å². The molecule has 0 radical (unpaired) electrons. The minimum atomic E-state index is -0.167. The maximum Gasteiger partial charge on any atom is 0.222 e. The zero-order valence-electron chi connectivity index (χ0n) is 7.88. The first-order chi connectivity index (χ1) is 6.18. The molecule has 2 fully saturated rings. The van der Waals surface area contributed by atoms with E-state index in [4.69, 9.17) is 10.5 Å². The van der Waals surface area contributed by atoms with Gasteiger partial charge in [0.15, 0.2) is 0 Å². The number of methoxy groups -OCH3 is 1. The Hall–Kier alpha value is -0.610. The predicted molar refractivity (Wildman–Crippen MR) is 48.0 cm³/mol. The highest BCUT2D eigenvalue weighted by Gasteiger charge is 2.54. The van der Waals surface area contributed by atoms with Gasteiger partial charge in [-0.1, -0.05) is 0 Å². The lowest BCUT2D eigenvalue weighted by atomic mass is 9.61. The molecule has 0 aromatic rings. The van der Waals surface area contributed by atoms with E-state index in [1.165, 1.54) is 0 Å². The smallest absolute Gasteiger partial charge is 0.222 e. The second-order valence-electron chi connectivity index (χ2n) is 4.21. The van der Waals surface area contributed by atoms with E-state index in [9.17, 15) is 4.79 Å². The molecule has 3 N–H and O–H groups in total. The van der Waals surface area contributed by atoms with Gasteiger partial charge in [-0.25, -0.2) is 0 Å². The number of hydrogen-bond donors (Lipinski definition) is 2. The fourth-order valence-electron chi connectivity index (χ4n) is 2.65. The van der Waals surface area contributed by atoms with E-state index in [1.807, 2.05) is 0 Å². The van der Waals surface area contributed by atoms with Crippen LogP contribution in [0.5, 0.6) is 0 Å². The number of primary amides is 1. The average molecular weight is 184 g/mol. The van der Waals surface area contributed by atoms with Crippen molar-refractivity contribution in [1.29, 1.82) is 0 Å². The fraction of sp³-hybridized carbons (Fsp3) is 0.889. The summed E-state index contributed by atoms with van der Waals surface area (Å²) >= 11 is 0. The molecule has 13 heavy (non-hydrogen) atoms. The third kappa shape index (κ3) is 1.25. The second-order valence-corrected chi connectivity index (χ2v) is 4.21. The number of ether oxygens (including phenoxy) is 1. The molecule has 2 rings (SSSR count). The number of carbonyl (C=O) groups is 1. The van der Waals surface area contributed by atoms with Gasteiger partial charge in [0.25, 0.3) is 0 Å². The highest BCUT2D eigenvalue weighted by Crippen LogP contribution is 2.50. The van der Waals surface area contributed by atoms with Gasteiger partial charge in [0, 0.05) is 25.6 Å². The van der Waals surface area contributed by atoms with Gasteiger partial charge in [-0.2, -0.15) is 0 Å². The van der Waals surface area contributed by atoms with E-state index in [-0.39, 0.29) is 17.2 Å². The van der Waals surface area contributed by atoms with Crippen LogP contribution in [0.25, 0.3) is 0 Å². The molecule has 1 saturated carbocycles. The van der Waals surface area contributed by atoms with Crippen LogP contribution < -0.4 is 11.1 Å². The third-order valence-electron chi connectivity index (χ3n) is 3.51. The highest BCUT2D eigenvalue weighted by molar-refractivity contribution is 5.78. The molecule has 1 heterocycles. The first-order valence-corrected chi connectivity index (χ1v) is 4.71. The van der Waals surface area contributed by atoms with Crippen LogP contribution in [0.1, 0.15) is 12.8 Å². The van der Waals surface area contributed by atoms with Gasteiger partial charge in [-0.3, -0.25) is 4.79 Å². The molecule has 1 aliphatic heterocycles. The molecule has 1 aliphatic carbocycles. The van der Waals surface area contributed by atoms with Crippen LogP contribution in [-0.4, -0.2) is 32.2 Å². The second kappa shape index (κ2) is 2.96. The predicted octanol–water partition coefficient (Wildman–Crippen LogP) is -0.514. The summed E-state index contributed by atoms with van der Waals surface area (Å²) in [4.78, 5) is 11.1. The van der Waals surface area contributed by atoms with Gasteiger partial charge in [0.05, 0.1) is 12.0 Å². The van der Waals surface area contributed by atoms with E-state index >= 15 is 0 Å². The molecule has 1 amide bonds. The van der Waals surface area contributed by atoms with Crippen molar-refractivity contribution >= 4 is 5.91 Å². The molecule has 1 saturated heterocycles. The Bertz CT molecular complexity index is 224. The van der Waals surface area contributed by atoms with Crippen molar-refractivity contribution in [2.24, 2.45) is 17.1 Å². The SMILES string of the molecule is COC1CC2(CNCC2C(N)=O)C1. The van der Waals surface area contributed by atoms with Gasteiger partial charge in [0.1, 0.15) is 0 Å². The number of amides is 1. The zero-order chi connectivity index (χ0) is 9.47. The minimum Gasteiger partial charge on any atom is -0.381 e. The summed E-state index contributed by atoms with van der Waals surface area (Å²) in [7, 11) is 1.72. The number of hydrogen-bond acceptors (Lipinski definition) is 3. The lowest BCUT2D eigenvalue weighted by Crippen LogP contribution is -2.50. The van der Waals surface area contributed by atoms with Crippen LogP contribution in [0.2, 0.25) is 0 Å². The van der Waals surface area contributed by atoms with E-state index in [0.29, 0.717) is 6.10 Å². The quantitative estimate of drug-likeness (QED) is 0.607. The molecular weight excluding hydrogens is 168 g/mol. The first-order valence-electron chi connectivity index (χ1n) is 4.71. The number of nitrogens with one attached hydrogen (secondary N) is 1. The molecule has 1 atom stereocenters. The first kappa shape index (κ1) is 8.97. The zero-order valence-corrected chi connectivity index (χ0v) is 7.88. The summed E-state index contributed by atoms with van der Waals surface area (Å²) < 4.78 is 5.22. The van der Waals surface area contributed by atoms with Crippen LogP contribution in [0.4, 0.5) is 0 Å². The Kier molecular flexibility index (Phi) is 2.04. The van der Waals surface area contributed by atoms with Gasteiger partial charge in [0.2, 0.25) is 5.91 Å². The van der Waals surface area contributed by atoms with Crippen molar-refractivity contribution in [3.63, 3.8) is 0 Å². The molecule has 0 bridgehead atoms. The standard InChI is InChI=1S/C9H16N2O2/c1-13-6-2-9(3-6)5-11-4-7(9)8(10)12/h6-7,11H,2-5H2,1H3,(H2,10,12). The average Bonchev–Trinajstić information content (AvgIpc) is 2.44. The van der Waals surface area contributed by atoms with Crippen molar-refractivity contribution in [2.45, 2.75) is 18.9 Å². The molecule has 2 aliphatic rings. The van der Waals surface area contributed by atoms with Crippen LogP contribution in [0.15, 0.2) is 0 Å². The summed E-state index contributed by atoms with van der Waals surface area (Å²) in [5.74, 6) is -0.154. The Morgan fingerprint density at radius 3 is 2.85 bits per heavy atom. The maximum absolute atomic E-state index is 11.1. The lowest BCUT2D eigenvalue weighted by molar-refractivity contribution is -0.132. The summed E-state index contributed by atoms with van der Waals surface area (Å²) in [6.07, 6.45) is 2.29. The highest BCUT2D eigenvalue weighted by atomic mass is 16.5. The van der Waals surface area contributed by atoms with E-state index in [1.54, 1.807) is 7.11 Å². The molecule has 1 unspecified atom stereocenters. The van der Waals surface area contributed by atoms with Gasteiger partial charge in [-0.15, -0.1) is 0 Å². The number of nitrogens with two attached hydrogens (primary N) is 1. The van der Waals surface area contributed by atoms with E-state index < -0.39 is 0 Å². The summed E-state index contributed by atoms with van der Waals surface area (Å²) in [5, 5.41) is 3.23. The van der Waals surface area contributed by atoms with Crippen molar-refractivity contribution in [3.8, 4) is 0 Å². The van der Waals surface area contributed by atoms with Crippen molar-refractivity contribution in [2.75, 3.05) is 20.2 Å². The maximum atomic E-state index is 11.1. The Balaban J connectivity index is 2.03. The van der Waals surface area contributed by atoms with E-state index in [2.05, 4.69) is 5.32 Å². The molecule has 4 heteroatoms. The molecular formula is C9H16N2O2. The Labute approximate surface area is 77.8 Å². The van der Waals surface area contributed by atoms with Gasteiger partial charge < -0.3 is 15.8 Å². The topological polar surface area (TPSA) is 64.3 Å². The molecule has 1 spiro atoms. The monoisotopic (exact) mass is 184 g/mol. The van der Waals surface area contributed by atoms with Crippen LogP contribution in [-0.2, 0) is 9.53 Å². The summed E-state index contributed by atoms with van der Waals surface area (Å²) in [6, 6.07) is 0. The molecule has 0 aromatic carbocycles.